The summed E-state index contributed by atoms with van der Waals surface area (Å²) in [6, 6.07) is 10.7. The van der Waals surface area contributed by atoms with Crippen molar-refractivity contribution in [3.8, 4) is 0 Å². The molecule has 2 rings (SSSR count). The van der Waals surface area contributed by atoms with Crippen LogP contribution in [-0.4, -0.2) is 22.9 Å². The summed E-state index contributed by atoms with van der Waals surface area (Å²) >= 11 is 6.07. The molecule has 0 amide bonds. The van der Waals surface area contributed by atoms with Crippen molar-refractivity contribution in [1.82, 2.24) is 4.57 Å². The predicted octanol–water partition coefficient (Wildman–Crippen LogP) is 2.04. The first-order valence-electron chi connectivity index (χ1n) is 6.59. The van der Waals surface area contributed by atoms with Crippen molar-refractivity contribution in [3.05, 3.63) is 58.9 Å². The van der Waals surface area contributed by atoms with Gasteiger partial charge < -0.3 is 16.0 Å². The standard InChI is InChI=1S/C15H17ClN4O/c16-12-6-2-1-5-11(12)14(21)13-7-3-9-20(13)10-4-8-19-15(17)18/h1-3,5-7,9H,4,8,10H2,(H4,17,18,19). The highest BCUT2D eigenvalue weighted by Crippen LogP contribution is 2.19. The third-order valence-corrected chi connectivity index (χ3v) is 3.36. The average Bonchev–Trinajstić information content (AvgIpc) is 2.91. The number of aromatic nitrogens is 1. The van der Waals surface area contributed by atoms with E-state index in [2.05, 4.69) is 4.99 Å². The van der Waals surface area contributed by atoms with Crippen LogP contribution in [-0.2, 0) is 6.54 Å². The van der Waals surface area contributed by atoms with E-state index >= 15 is 0 Å². The highest BCUT2D eigenvalue weighted by atomic mass is 35.5. The lowest BCUT2D eigenvalue weighted by molar-refractivity contribution is 0.103. The van der Waals surface area contributed by atoms with E-state index in [1.165, 1.54) is 0 Å². The van der Waals surface area contributed by atoms with E-state index in [-0.39, 0.29) is 11.7 Å². The molecule has 5 nitrogen and oxygen atoms in total. The molecule has 0 saturated carbocycles. The molecule has 0 aliphatic carbocycles. The highest BCUT2D eigenvalue weighted by Gasteiger charge is 2.15. The normalized spacial score (nSPS) is 10.3. The number of guanidine groups is 1. The molecule has 0 atom stereocenters. The monoisotopic (exact) mass is 304 g/mol. The fraction of sp³-hybridized carbons (Fsp3) is 0.200. The molecule has 0 aliphatic heterocycles. The summed E-state index contributed by atoms with van der Waals surface area (Å²) in [5.74, 6) is -0.0117. The van der Waals surface area contributed by atoms with E-state index in [1.54, 1.807) is 30.3 Å². The number of halogens is 1. The van der Waals surface area contributed by atoms with E-state index in [0.29, 0.717) is 29.4 Å². The summed E-state index contributed by atoms with van der Waals surface area (Å²) in [6.45, 7) is 1.19. The van der Waals surface area contributed by atoms with Gasteiger partial charge in [-0.05, 0) is 30.7 Å². The molecule has 0 unspecified atom stereocenters. The van der Waals surface area contributed by atoms with Crippen molar-refractivity contribution >= 4 is 23.3 Å². The van der Waals surface area contributed by atoms with Crippen LogP contribution in [0.4, 0.5) is 0 Å². The Morgan fingerprint density at radius 3 is 2.67 bits per heavy atom. The number of hydrogen-bond acceptors (Lipinski definition) is 2. The predicted molar refractivity (Wildman–Crippen MR) is 84.6 cm³/mol. The lowest BCUT2D eigenvalue weighted by atomic mass is 10.1. The van der Waals surface area contributed by atoms with Crippen LogP contribution in [0.3, 0.4) is 0 Å². The van der Waals surface area contributed by atoms with Gasteiger partial charge in [-0.25, -0.2) is 0 Å². The van der Waals surface area contributed by atoms with Crippen molar-refractivity contribution in [1.29, 1.82) is 0 Å². The SMILES string of the molecule is NC(N)=NCCCn1cccc1C(=O)c1ccccc1Cl. The first kappa shape index (κ1) is 15.1. The fourth-order valence-electron chi connectivity index (χ4n) is 2.05. The van der Waals surface area contributed by atoms with Crippen molar-refractivity contribution < 1.29 is 4.79 Å². The molecule has 1 heterocycles. The Balaban J connectivity index is 2.11. The Hall–Kier alpha value is -2.27. The van der Waals surface area contributed by atoms with Gasteiger partial charge in [-0.15, -0.1) is 0 Å². The number of benzene rings is 1. The molecule has 0 radical (unpaired) electrons. The van der Waals surface area contributed by atoms with Crippen molar-refractivity contribution in [2.75, 3.05) is 6.54 Å². The molecule has 2 aromatic rings. The lowest BCUT2D eigenvalue weighted by Gasteiger charge is -2.08. The Kier molecular flexibility index (Phi) is 5.00. The van der Waals surface area contributed by atoms with Gasteiger partial charge in [0, 0.05) is 24.8 Å². The first-order valence-corrected chi connectivity index (χ1v) is 6.97. The molecule has 21 heavy (non-hydrogen) atoms. The molecule has 6 heteroatoms. The minimum Gasteiger partial charge on any atom is -0.370 e. The van der Waals surface area contributed by atoms with E-state index in [1.807, 2.05) is 16.8 Å². The maximum atomic E-state index is 12.5. The molecule has 0 bridgehead atoms. The number of hydrogen-bond donors (Lipinski definition) is 2. The zero-order chi connectivity index (χ0) is 15.2. The average molecular weight is 305 g/mol. The summed E-state index contributed by atoms with van der Waals surface area (Å²) in [5, 5.41) is 0.454. The van der Waals surface area contributed by atoms with Crippen LogP contribution >= 0.6 is 11.6 Å². The number of rotatable bonds is 6. The van der Waals surface area contributed by atoms with E-state index in [0.717, 1.165) is 6.42 Å². The Bertz CT molecular complexity index is 659. The summed E-state index contributed by atoms with van der Waals surface area (Å²) in [4.78, 5) is 16.4. The number of nitrogens with two attached hydrogens (primary N) is 2. The van der Waals surface area contributed by atoms with Crippen LogP contribution < -0.4 is 11.5 Å². The molecule has 1 aromatic carbocycles. The van der Waals surface area contributed by atoms with Gasteiger partial charge in [-0.3, -0.25) is 9.79 Å². The second-order valence-corrected chi connectivity index (χ2v) is 4.96. The van der Waals surface area contributed by atoms with Crippen molar-refractivity contribution in [2.24, 2.45) is 16.5 Å². The zero-order valence-electron chi connectivity index (χ0n) is 11.5. The number of nitrogens with zero attached hydrogens (tertiary/aromatic N) is 2. The quantitative estimate of drug-likeness (QED) is 0.370. The summed E-state index contributed by atoms with van der Waals surface area (Å²) < 4.78 is 1.88. The molecule has 0 spiro atoms. The second-order valence-electron chi connectivity index (χ2n) is 4.56. The largest absolute Gasteiger partial charge is 0.370 e. The van der Waals surface area contributed by atoms with Gasteiger partial charge in [0.05, 0.1) is 10.7 Å². The third-order valence-electron chi connectivity index (χ3n) is 3.03. The van der Waals surface area contributed by atoms with E-state index in [9.17, 15) is 4.79 Å². The van der Waals surface area contributed by atoms with Gasteiger partial charge in [-0.2, -0.15) is 0 Å². The maximum Gasteiger partial charge on any atom is 0.210 e. The minimum atomic E-state index is -0.0903. The van der Waals surface area contributed by atoms with Crippen LogP contribution in [0.2, 0.25) is 5.02 Å². The Morgan fingerprint density at radius 1 is 1.19 bits per heavy atom. The van der Waals surface area contributed by atoms with Crippen molar-refractivity contribution in [3.63, 3.8) is 0 Å². The van der Waals surface area contributed by atoms with Gasteiger partial charge in [0.15, 0.2) is 5.96 Å². The van der Waals surface area contributed by atoms with E-state index < -0.39 is 0 Å². The molecule has 1 aromatic heterocycles. The van der Waals surface area contributed by atoms with Crippen molar-refractivity contribution in [2.45, 2.75) is 13.0 Å². The number of carbonyl (C=O) groups excluding carboxylic acids is 1. The summed E-state index contributed by atoms with van der Waals surface area (Å²) in [5.41, 5.74) is 11.7. The van der Waals surface area contributed by atoms with Gasteiger partial charge in [-0.1, -0.05) is 23.7 Å². The molecule has 0 aliphatic rings. The molecular formula is C15H17ClN4O. The number of ketones is 1. The second kappa shape index (κ2) is 6.95. The summed E-state index contributed by atoms with van der Waals surface area (Å²) in [7, 11) is 0. The first-order chi connectivity index (χ1) is 10.1. The Labute approximate surface area is 128 Å². The van der Waals surface area contributed by atoms with Crippen LogP contribution in [0, 0.1) is 0 Å². The molecule has 110 valence electrons. The van der Waals surface area contributed by atoms with Crippen LogP contribution in [0.15, 0.2) is 47.6 Å². The number of carbonyl (C=O) groups is 1. The maximum absolute atomic E-state index is 12.5. The number of aliphatic imine (C=N–C) groups is 1. The highest BCUT2D eigenvalue weighted by molar-refractivity contribution is 6.34. The Morgan fingerprint density at radius 2 is 1.95 bits per heavy atom. The molecule has 4 N–H and O–H groups in total. The zero-order valence-corrected chi connectivity index (χ0v) is 12.3. The van der Waals surface area contributed by atoms with Gasteiger partial charge in [0.1, 0.15) is 0 Å². The third kappa shape index (κ3) is 3.86. The van der Waals surface area contributed by atoms with Gasteiger partial charge in [0.25, 0.3) is 0 Å². The van der Waals surface area contributed by atoms with Crippen LogP contribution in [0.5, 0.6) is 0 Å². The van der Waals surface area contributed by atoms with E-state index in [4.69, 9.17) is 23.1 Å². The minimum absolute atomic E-state index is 0.0786. The fourth-order valence-corrected chi connectivity index (χ4v) is 2.27. The smallest absolute Gasteiger partial charge is 0.210 e. The summed E-state index contributed by atoms with van der Waals surface area (Å²) in [6.07, 6.45) is 2.61. The van der Waals surface area contributed by atoms with Crippen LogP contribution in [0.25, 0.3) is 0 Å². The molecule has 0 saturated heterocycles. The number of aryl methyl sites for hydroxylation is 1. The topological polar surface area (TPSA) is 86.4 Å². The molecule has 0 fully saturated rings. The van der Waals surface area contributed by atoms with Gasteiger partial charge in [0.2, 0.25) is 5.78 Å². The molecular weight excluding hydrogens is 288 g/mol. The van der Waals surface area contributed by atoms with Gasteiger partial charge >= 0.3 is 0 Å². The van der Waals surface area contributed by atoms with Crippen LogP contribution in [0.1, 0.15) is 22.5 Å². The lowest BCUT2D eigenvalue weighted by Crippen LogP contribution is -2.23.